The fourth-order valence-electron chi connectivity index (χ4n) is 12.8. The lowest BCUT2D eigenvalue weighted by molar-refractivity contribution is -0.137. The molecule has 5 aromatic heterocycles. The van der Waals surface area contributed by atoms with Gasteiger partial charge in [0.05, 0.1) is 52.3 Å². The Morgan fingerprint density at radius 1 is 0.410 bits per heavy atom. The first-order valence-electron chi connectivity index (χ1n) is 35.1. The van der Waals surface area contributed by atoms with Crippen LogP contribution in [0.3, 0.4) is 0 Å². The van der Waals surface area contributed by atoms with E-state index in [1.807, 2.05) is 19.9 Å². The van der Waals surface area contributed by atoms with E-state index in [4.69, 9.17) is 68.9 Å². The summed E-state index contributed by atoms with van der Waals surface area (Å²) in [6, 6.07) is -1.42. The molecule has 0 bridgehead atoms. The summed E-state index contributed by atoms with van der Waals surface area (Å²) in [5.41, 5.74) is -9.52. The number of aryl methyl sites for hydroxylation is 5. The number of hydrogen-bond donors (Lipinski definition) is 13. The third kappa shape index (κ3) is 22.4. The van der Waals surface area contributed by atoms with Gasteiger partial charge >= 0.3 is 67.6 Å². The number of H-pyrrole nitrogens is 5. The number of hydrogen-bond acceptors (Lipinski definition) is 35. The maximum atomic E-state index is 14.3. The summed E-state index contributed by atoms with van der Waals surface area (Å²) in [7, 11) is -27.8. The molecule has 57 heteroatoms. The Kier molecular flexibility index (Phi) is 28.0. The molecule has 644 valence electrons. The summed E-state index contributed by atoms with van der Waals surface area (Å²) in [4.78, 5) is 231. The number of carbonyl (C=O) groups excluding carboxylic acids is 3. The molecule has 0 spiro atoms. The van der Waals surface area contributed by atoms with Gasteiger partial charge in [-0.3, -0.25) is 136 Å². The second-order valence-electron chi connectivity index (χ2n) is 27.3. The number of imide groups is 1. The maximum absolute atomic E-state index is 14.3. The number of amides is 3. The van der Waals surface area contributed by atoms with Crippen LogP contribution in [0.5, 0.6) is 0 Å². The van der Waals surface area contributed by atoms with Gasteiger partial charge in [-0.15, -0.1) is 0 Å². The topological polar surface area (TPSA) is 706 Å². The average molecular weight is 1760 g/mol. The number of rotatable bonds is 36. The van der Waals surface area contributed by atoms with Crippen molar-refractivity contribution in [2.24, 2.45) is 0 Å². The van der Waals surface area contributed by atoms with E-state index >= 15 is 0 Å². The van der Waals surface area contributed by atoms with Crippen LogP contribution in [-0.2, 0) is 106 Å². The van der Waals surface area contributed by atoms with Crippen LogP contribution in [0.2, 0.25) is 0 Å². The van der Waals surface area contributed by atoms with Crippen molar-refractivity contribution < 1.29 is 141 Å². The number of ether oxygens (including phenoxy) is 5. The van der Waals surface area contributed by atoms with Gasteiger partial charge in [-0.1, -0.05) is 0 Å². The molecule has 5 aromatic rings. The van der Waals surface area contributed by atoms with Crippen LogP contribution in [0.25, 0.3) is 0 Å². The van der Waals surface area contributed by atoms with Gasteiger partial charge in [0.15, 0.2) is 0 Å². The van der Waals surface area contributed by atoms with Crippen molar-refractivity contribution in [2.75, 3.05) is 52.8 Å². The Morgan fingerprint density at radius 3 is 0.897 bits per heavy atom. The summed E-state index contributed by atoms with van der Waals surface area (Å²) in [6.45, 7) is -1.17. The van der Waals surface area contributed by atoms with Gasteiger partial charge < -0.3 is 63.7 Å². The Bertz CT molecular complexity index is 5520. The van der Waals surface area contributed by atoms with Crippen molar-refractivity contribution in [3.05, 3.63) is 175 Å². The van der Waals surface area contributed by atoms with Crippen molar-refractivity contribution in [2.45, 2.75) is 171 Å². The van der Waals surface area contributed by atoms with Gasteiger partial charge in [-0.05, 0) is 34.6 Å². The van der Waals surface area contributed by atoms with Gasteiger partial charge in [0.2, 0.25) is 5.91 Å². The lowest BCUT2D eigenvalue weighted by Crippen LogP contribution is -2.42. The number of nitrogens with zero attached hydrogens (tertiary/aromatic N) is 6. The van der Waals surface area contributed by atoms with Crippen LogP contribution in [0, 0.1) is 34.6 Å². The lowest BCUT2D eigenvalue weighted by atomic mass is 10.2. The molecule has 11 rings (SSSR count). The number of carbonyl (C=O) groups is 3. The Balaban J connectivity index is 0.780. The lowest BCUT2D eigenvalue weighted by Gasteiger charge is -2.26. The fraction of sp³-hybridized carbons (Fsp3) is 0.583. The predicted octanol–water partition coefficient (Wildman–Crippen LogP) is -3.99. The van der Waals surface area contributed by atoms with Crippen molar-refractivity contribution in [1.82, 2.24) is 58.0 Å². The highest BCUT2D eigenvalue weighted by Crippen LogP contribution is 2.56. The molecular formula is C60H79N12O40P5. The van der Waals surface area contributed by atoms with Crippen molar-refractivity contribution in [3.8, 4) is 0 Å². The van der Waals surface area contributed by atoms with Crippen LogP contribution in [0.4, 0.5) is 0 Å². The normalized spacial score (nSPS) is 28.2. The molecule has 117 heavy (non-hydrogen) atoms. The largest absolute Gasteiger partial charge is 0.472 e. The molecule has 0 saturated carbocycles. The van der Waals surface area contributed by atoms with E-state index in [-0.39, 0.29) is 40.8 Å². The van der Waals surface area contributed by atoms with Gasteiger partial charge in [0.1, 0.15) is 92.2 Å². The van der Waals surface area contributed by atoms with Gasteiger partial charge in [-0.25, -0.2) is 46.8 Å². The number of nitrogens with one attached hydrogen (secondary N) is 6. The van der Waals surface area contributed by atoms with E-state index < -0.39 is 290 Å². The number of aliphatic hydroxyl groups is 2. The molecule has 13 N–H and O–H groups in total. The van der Waals surface area contributed by atoms with E-state index in [9.17, 15) is 120 Å². The van der Waals surface area contributed by atoms with Crippen LogP contribution >= 0.6 is 39.1 Å². The summed E-state index contributed by atoms with van der Waals surface area (Å²) in [5.74, 6) is -2.23. The molecule has 52 nitrogen and oxygen atoms in total. The molecule has 0 aliphatic carbocycles. The summed E-state index contributed by atoms with van der Waals surface area (Å²) >= 11 is 0. The zero-order chi connectivity index (χ0) is 85.3. The highest BCUT2D eigenvalue weighted by Gasteiger charge is 2.51. The SMILES string of the molecule is Cc1cn([C@H]2C[C@H](OP(=O)(O)OC[C@H]3O[C@@H](n4cc(C)c(=O)[nH]c4=O)C[C@@H]3OP(=O)(O)OC[C@H]3O[C@@H](n4cc(C)c(=O)[nH]c4=O)C[C@@H]3OP(=O)(O)OC[C@H]3O[C@@H](n4cc(C)c(=O)[nH]c4=O)C[C@@H]3OP(=O)(O)OC[C@H]3O[C@@H](n4cc(C)c(=O)[nH]c4=O)C[C@@H]3OP(=O)(O)OCC(CO)NC(=O)CCN3C(=O)C=CC3=O)[C@@H](CO)O2)c(=O)[nH]c1=O. The zero-order valence-corrected chi connectivity index (χ0v) is 66.2. The monoisotopic (exact) mass is 1760 g/mol. The minimum absolute atomic E-state index is 0.0392. The molecule has 6 aliphatic rings. The van der Waals surface area contributed by atoms with E-state index in [1.165, 1.54) is 34.6 Å². The fourth-order valence-corrected chi connectivity index (χ4v) is 17.7. The Morgan fingerprint density at radius 2 is 0.650 bits per heavy atom. The van der Waals surface area contributed by atoms with Crippen LogP contribution in [0.15, 0.2) is 91.1 Å². The van der Waals surface area contributed by atoms with Crippen LogP contribution in [-0.4, -0.2) is 225 Å². The molecule has 5 fully saturated rings. The predicted molar refractivity (Wildman–Crippen MR) is 383 cm³/mol. The Labute approximate surface area is 652 Å². The summed E-state index contributed by atoms with van der Waals surface area (Å²) < 4.78 is 158. The van der Waals surface area contributed by atoms with Crippen LogP contribution in [0.1, 0.15) is 97.5 Å². The third-order valence-corrected chi connectivity index (χ3v) is 23.9. The highest BCUT2D eigenvalue weighted by atomic mass is 31.2. The molecule has 11 heterocycles. The van der Waals surface area contributed by atoms with Crippen molar-refractivity contribution >= 4 is 56.8 Å². The maximum Gasteiger partial charge on any atom is 0.472 e. The number of aromatic amines is 5. The van der Waals surface area contributed by atoms with Crippen LogP contribution < -0.4 is 61.6 Å². The first-order chi connectivity index (χ1) is 54.9. The van der Waals surface area contributed by atoms with Gasteiger partial charge in [0, 0.05) is 116 Å². The molecule has 21 atom stereocenters. The molecule has 3 amide bonds. The highest BCUT2D eigenvalue weighted by molar-refractivity contribution is 7.48. The first kappa shape index (κ1) is 89.8. The average Bonchev–Trinajstić information content (AvgIpc) is 1.66. The zero-order valence-electron chi connectivity index (χ0n) is 61.7. The van der Waals surface area contributed by atoms with E-state index in [0.717, 1.165) is 70.9 Å². The quantitative estimate of drug-likeness (QED) is 0.0134. The molecular weight excluding hydrogens is 1680 g/mol. The minimum atomic E-state index is -5.72. The van der Waals surface area contributed by atoms with E-state index in [1.54, 1.807) is 0 Å². The van der Waals surface area contributed by atoms with Gasteiger partial charge in [0.25, 0.3) is 39.6 Å². The number of phosphoric acid groups is 5. The molecule has 5 saturated heterocycles. The summed E-state index contributed by atoms with van der Waals surface area (Å²) in [6.07, 6.45) is -21.2. The van der Waals surface area contributed by atoms with Crippen molar-refractivity contribution in [3.63, 3.8) is 0 Å². The number of phosphoric ester groups is 5. The van der Waals surface area contributed by atoms with E-state index in [0.29, 0.717) is 0 Å². The van der Waals surface area contributed by atoms with Crippen molar-refractivity contribution in [1.29, 1.82) is 0 Å². The Hall–Kier alpha value is -7.98. The summed E-state index contributed by atoms with van der Waals surface area (Å²) in [5, 5.41) is 22.4. The molecule has 6 aliphatic heterocycles. The van der Waals surface area contributed by atoms with Gasteiger partial charge in [-0.2, -0.15) is 0 Å². The molecule has 0 aromatic carbocycles. The number of aliphatic hydroxyl groups excluding tert-OH is 2. The second kappa shape index (κ2) is 36.5. The second-order valence-corrected chi connectivity index (χ2v) is 34.3. The first-order valence-corrected chi connectivity index (χ1v) is 42.5. The minimum Gasteiger partial charge on any atom is -0.394 e. The molecule has 6 unspecified atom stereocenters. The standard InChI is InChI=1S/C60H79N12O40P5/c1-27-15-68(56(83)62-51(27)78)46-10-33(38(21-74)103-46)108-114(90,91)99-23-40-35(12-48(105-40)70-17-29(3)53(80)64-58(70)85)110-116(94,95)101-25-42-37(14-50(107-42)72-19-31(5)55(82)66-60(72)87)112-117(96,97)102-26-41-36(13-49(106-41)71-18-30(4)54(81)65-59(71)86)111-115(92,93)100-24-39-34(11-47(104-39)69-16-28(2)52(79)63-57(69)84)109-113(88,89)98-22-32(20-73)61-43(75)8-9-67-44(76)6-7-45(67)77/h6-7,15-19,32-42,46-50,73-74H,8-14,20-26H2,1-5H3,(H,61,75)(H,88,89)(H,90,91)(H,92,93)(H,94,95)(H,96,97)(H,62,78,83)(H,63,79,84)(H,64,80,85)(H,65,81,86)(H,66,82,87)/t32?,33-,34-,35-,36-,37-,38+,39+,40+,41+,42+,46+,47+,48+,49+,50+/m0/s1. The third-order valence-electron chi connectivity index (χ3n) is 18.8. The smallest absolute Gasteiger partial charge is 0.394 e. The number of aromatic nitrogens is 10. The molecule has 0 radical (unpaired) electrons. The van der Waals surface area contributed by atoms with E-state index in [2.05, 4.69) is 10.3 Å².